The van der Waals surface area contributed by atoms with Crippen molar-refractivity contribution in [1.82, 2.24) is 4.90 Å². The van der Waals surface area contributed by atoms with Crippen LogP contribution >= 0.6 is 0 Å². The highest BCUT2D eigenvalue weighted by Gasteiger charge is 2.48. The zero-order chi connectivity index (χ0) is 27.5. The van der Waals surface area contributed by atoms with Gasteiger partial charge >= 0.3 is 5.97 Å². The van der Waals surface area contributed by atoms with E-state index in [1.165, 1.54) is 0 Å². The minimum absolute atomic E-state index is 0.0739. The molecule has 3 N–H and O–H groups in total. The molecule has 1 amide bonds. The Morgan fingerprint density at radius 2 is 1.62 bits per heavy atom. The molecule has 2 heterocycles. The third kappa shape index (κ3) is 5.29. The smallest absolute Gasteiger partial charge is 0.309 e. The number of amides is 1. The zero-order valence-corrected chi connectivity index (χ0v) is 22.6. The molecule has 1 unspecified atom stereocenters. The number of hydrogen-bond donors (Lipinski definition) is 3. The van der Waals surface area contributed by atoms with Crippen molar-refractivity contribution in [2.45, 2.75) is 38.6 Å². The van der Waals surface area contributed by atoms with E-state index in [-0.39, 0.29) is 25.2 Å². The van der Waals surface area contributed by atoms with Gasteiger partial charge in [0, 0.05) is 36.9 Å². The number of carboxylic acid groups (broad SMARTS) is 1. The highest BCUT2D eigenvalue weighted by atomic mass is 16.7. The lowest BCUT2D eigenvalue weighted by atomic mass is 9.82. The van der Waals surface area contributed by atoms with E-state index in [2.05, 4.69) is 24.5 Å². The topological polar surface area (TPSA) is 100 Å². The predicted molar refractivity (Wildman–Crippen MR) is 151 cm³/mol. The number of anilines is 2. The molecule has 5 rings (SSSR count). The largest absolute Gasteiger partial charge is 0.481 e. The van der Waals surface area contributed by atoms with Crippen molar-refractivity contribution in [2.24, 2.45) is 5.92 Å². The molecular formula is C31H35N3O5. The fourth-order valence-corrected chi connectivity index (χ4v) is 5.89. The van der Waals surface area contributed by atoms with Gasteiger partial charge < -0.3 is 25.2 Å². The summed E-state index contributed by atoms with van der Waals surface area (Å²) in [6.07, 6.45) is 1.61. The number of aliphatic carboxylic acids is 1. The Balaban J connectivity index is 1.49. The third-order valence-electron chi connectivity index (χ3n) is 7.86. The number of hydrogen-bond acceptors (Lipinski definition) is 6. The first kappa shape index (κ1) is 26.6. The lowest BCUT2D eigenvalue weighted by Gasteiger charge is -2.27. The summed E-state index contributed by atoms with van der Waals surface area (Å²) in [4.78, 5) is 28.3. The minimum Gasteiger partial charge on any atom is -0.481 e. The number of nitrogens with one attached hydrogen (secondary N) is 2. The highest BCUT2D eigenvalue weighted by molar-refractivity contribution is 5.94. The van der Waals surface area contributed by atoms with Crippen LogP contribution in [0, 0.1) is 5.92 Å². The van der Waals surface area contributed by atoms with Crippen LogP contribution in [0.4, 0.5) is 11.4 Å². The van der Waals surface area contributed by atoms with Gasteiger partial charge in [0.2, 0.25) is 12.7 Å². The monoisotopic (exact) mass is 529 g/mol. The van der Waals surface area contributed by atoms with E-state index in [4.69, 9.17) is 9.47 Å². The second kappa shape index (κ2) is 11.4. The molecule has 0 aliphatic carbocycles. The number of benzene rings is 3. The number of aryl methyl sites for hydroxylation is 2. The van der Waals surface area contributed by atoms with Gasteiger partial charge in [0.15, 0.2) is 11.5 Å². The molecule has 0 aromatic heterocycles. The highest BCUT2D eigenvalue weighted by Crippen LogP contribution is 2.47. The number of nitrogens with zero attached hydrogens (tertiary/aromatic N) is 1. The molecule has 0 saturated carbocycles. The van der Waals surface area contributed by atoms with Gasteiger partial charge in [0.25, 0.3) is 0 Å². The lowest BCUT2D eigenvalue weighted by Crippen LogP contribution is -2.35. The molecule has 204 valence electrons. The molecule has 2 aliphatic rings. The molecule has 8 nitrogen and oxygen atoms in total. The number of likely N-dealkylation sites (tertiary alicyclic amines) is 1. The fraction of sp³-hybridized carbons (Fsp3) is 0.355. The summed E-state index contributed by atoms with van der Waals surface area (Å²) in [5, 5.41) is 16.8. The predicted octanol–water partition coefficient (Wildman–Crippen LogP) is 5.06. The van der Waals surface area contributed by atoms with Crippen LogP contribution < -0.4 is 20.1 Å². The van der Waals surface area contributed by atoms with Crippen molar-refractivity contribution in [1.29, 1.82) is 0 Å². The van der Waals surface area contributed by atoms with E-state index in [0.717, 1.165) is 46.5 Å². The van der Waals surface area contributed by atoms with Crippen molar-refractivity contribution in [2.75, 3.05) is 37.6 Å². The fourth-order valence-electron chi connectivity index (χ4n) is 5.89. The van der Waals surface area contributed by atoms with E-state index >= 15 is 0 Å². The van der Waals surface area contributed by atoms with Crippen LogP contribution in [0.3, 0.4) is 0 Å². The number of carbonyl (C=O) groups is 2. The lowest BCUT2D eigenvalue weighted by molar-refractivity contribution is -0.143. The van der Waals surface area contributed by atoms with Crippen molar-refractivity contribution < 1.29 is 24.2 Å². The SMILES string of the molecule is CCc1cccc(CC)c1NC(=O)CN1C[C@H](c2ccc3c(c2)OCO3)C(C(=O)O)[C@@H]1c1ccc(NC)cc1. The first-order valence-corrected chi connectivity index (χ1v) is 13.5. The Morgan fingerprint density at radius 1 is 0.949 bits per heavy atom. The summed E-state index contributed by atoms with van der Waals surface area (Å²) in [7, 11) is 1.84. The summed E-state index contributed by atoms with van der Waals surface area (Å²) in [6, 6.07) is 19.0. The zero-order valence-electron chi connectivity index (χ0n) is 22.6. The second-order valence-electron chi connectivity index (χ2n) is 10.0. The van der Waals surface area contributed by atoms with Gasteiger partial charge in [0.05, 0.1) is 12.5 Å². The summed E-state index contributed by atoms with van der Waals surface area (Å²) in [6.45, 7) is 4.78. The van der Waals surface area contributed by atoms with Crippen LogP contribution in [0.15, 0.2) is 60.7 Å². The van der Waals surface area contributed by atoms with Crippen LogP contribution in [-0.4, -0.2) is 48.8 Å². The Kier molecular flexibility index (Phi) is 7.74. The standard InChI is InChI=1S/C31H35N3O5/c1-4-19-7-6-8-20(5-2)29(19)33-27(35)17-34-16-24(22-11-14-25-26(15-22)39-18-38-25)28(31(36)37)30(34)21-9-12-23(32-3)13-10-21/h6-15,24,28,30,32H,4-5,16-18H2,1-3H3,(H,33,35)(H,36,37)/t24-,28?,30+/m1/s1. The third-order valence-corrected chi connectivity index (χ3v) is 7.86. The van der Waals surface area contributed by atoms with Gasteiger partial charge in [-0.1, -0.05) is 50.2 Å². The van der Waals surface area contributed by atoms with Crippen LogP contribution in [0.1, 0.15) is 48.1 Å². The van der Waals surface area contributed by atoms with E-state index < -0.39 is 17.9 Å². The summed E-state index contributed by atoms with van der Waals surface area (Å²) >= 11 is 0. The maximum atomic E-state index is 13.5. The van der Waals surface area contributed by atoms with Crippen LogP contribution in [-0.2, 0) is 22.4 Å². The molecule has 2 aliphatic heterocycles. The Labute approximate surface area is 228 Å². The molecule has 0 radical (unpaired) electrons. The van der Waals surface area contributed by atoms with Crippen molar-refractivity contribution in [3.05, 3.63) is 82.9 Å². The van der Waals surface area contributed by atoms with E-state index in [1.807, 2.05) is 72.6 Å². The maximum Gasteiger partial charge on any atom is 0.309 e. The number of carbonyl (C=O) groups excluding carboxylic acids is 1. The van der Waals surface area contributed by atoms with Gasteiger partial charge in [0.1, 0.15) is 0 Å². The second-order valence-corrected chi connectivity index (χ2v) is 10.0. The first-order valence-electron chi connectivity index (χ1n) is 13.5. The molecule has 3 aromatic carbocycles. The van der Waals surface area contributed by atoms with Gasteiger partial charge in [-0.25, -0.2) is 0 Å². The Bertz CT molecular complexity index is 1330. The molecule has 1 fully saturated rings. The van der Waals surface area contributed by atoms with Gasteiger partial charge in [-0.15, -0.1) is 0 Å². The van der Waals surface area contributed by atoms with Crippen LogP contribution in [0.25, 0.3) is 0 Å². The van der Waals surface area contributed by atoms with Gasteiger partial charge in [-0.2, -0.15) is 0 Å². The van der Waals surface area contributed by atoms with Gasteiger partial charge in [-0.3, -0.25) is 14.5 Å². The maximum absolute atomic E-state index is 13.5. The molecule has 8 heteroatoms. The number of carboxylic acids is 1. The number of fused-ring (bicyclic) bond motifs is 1. The van der Waals surface area contributed by atoms with Crippen molar-refractivity contribution >= 4 is 23.3 Å². The first-order chi connectivity index (χ1) is 18.9. The summed E-state index contributed by atoms with van der Waals surface area (Å²) in [5.41, 5.74) is 5.69. The molecule has 3 atom stereocenters. The molecule has 1 saturated heterocycles. The van der Waals surface area contributed by atoms with Crippen LogP contribution in [0.5, 0.6) is 11.5 Å². The van der Waals surface area contributed by atoms with Gasteiger partial charge in [-0.05, 0) is 59.4 Å². The van der Waals surface area contributed by atoms with Crippen LogP contribution in [0.2, 0.25) is 0 Å². The normalized spacial score (nSPS) is 20.1. The van der Waals surface area contributed by atoms with Crippen molar-refractivity contribution in [3.63, 3.8) is 0 Å². The van der Waals surface area contributed by atoms with E-state index in [1.54, 1.807) is 0 Å². The summed E-state index contributed by atoms with van der Waals surface area (Å²) < 4.78 is 11.0. The number of ether oxygens (including phenoxy) is 2. The number of rotatable bonds is 9. The summed E-state index contributed by atoms with van der Waals surface area (Å²) in [5.74, 6) is -0.877. The van der Waals surface area contributed by atoms with E-state index in [9.17, 15) is 14.7 Å². The minimum atomic E-state index is -0.895. The Hall–Kier alpha value is -4.04. The molecule has 39 heavy (non-hydrogen) atoms. The average molecular weight is 530 g/mol. The molecular weight excluding hydrogens is 494 g/mol. The quantitative estimate of drug-likeness (QED) is 0.356. The average Bonchev–Trinajstić information content (AvgIpc) is 3.57. The van der Waals surface area contributed by atoms with E-state index in [0.29, 0.717) is 18.0 Å². The Morgan fingerprint density at radius 3 is 2.26 bits per heavy atom. The molecule has 0 bridgehead atoms. The molecule has 0 spiro atoms. The molecule has 3 aromatic rings. The number of para-hydroxylation sites is 1. The van der Waals surface area contributed by atoms with Crippen molar-refractivity contribution in [3.8, 4) is 11.5 Å².